The molecular weight excluding hydrogens is 435 g/mol. The highest BCUT2D eigenvalue weighted by Crippen LogP contribution is 2.39. The minimum Gasteiger partial charge on any atom is -0.463 e. The zero-order valence-corrected chi connectivity index (χ0v) is 18.3. The molecule has 174 valence electrons. The molecule has 1 aliphatic heterocycles. The van der Waals surface area contributed by atoms with E-state index in [-0.39, 0.29) is 12.8 Å². The summed E-state index contributed by atoms with van der Waals surface area (Å²) in [5.74, 6) is -0.900. The van der Waals surface area contributed by atoms with Crippen molar-refractivity contribution < 1.29 is 32.3 Å². The van der Waals surface area contributed by atoms with Crippen molar-refractivity contribution in [2.45, 2.75) is 38.9 Å². The molecule has 0 spiro atoms. The monoisotopic (exact) mass is 459 g/mol. The van der Waals surface area contributed by atoms with Gasteiger partial charge in [0.15, 0.2) is 0 Å². The number of rotatable bonds is 6. The number of allylic oxidation sites excluding steroid dienone is 1. The molecule has 33 heavy (non-hydrogen) atoms. The topological polar surface area (TPSA) is 63.7 Å². The highest BCUT2D eigenvalue weighted by atomic mass is 19.4. The van der Waals surface area contributed by atoms with Crippen LogP contribution in [0, 0.1) is 0 Å². The molecule has 0 bridgehead atoms. The van der Waals surface area contributed by atoms with E-state index in [1.807, 2.05) is 48.4 Å². The summed E-state index contributed by atoms with van der Waals surface area (Å²) in [6.07, 6.45) is 0.207. The molecule has 0 saturated heterocycles. The third-order valence-corrected chi connectivity index (χ3v) is 5.02. The van der Waals surface area contributed by atoms with Crippen LogP contribution in [0.3, 0.4) is 0 Å². The number of benzene rings is 2. The first kappa shape index (κ1) is 25.6. The van der Waals surface area contributed by atoms with Gasteiger partial charge in [0.2, 0.25) is 0 Å². The molecule has 2 aromatic rings. The van der Waals surface area contributed by atoms with Crippen molar-refractivity contribution in [1.29, 1.82) is 0 Å². The SMILES string of the molecule is CCOC(=O)C1=CN(Cc2ccccc2)C=C(CC)C1c1ccc(C(F)(F)F)cc1.O=C=O. The summed E-state index contributed by atoms with van der Waals surface area (Å²) in [5.41, 5.74) is 2.37. The van der Waals surface area contributed by atoms with Crippen molar-refractivity contribution in [3.63, 3.8) is 0 Å². The van der Waals surface area contributed by atoms with E-state index in [4.69, 9.17) is 14.3 Å². The molecule has 5 nitrogen and oxygen atoms in total. The second-order valence-electron chi connectivity index (χ2n) is 7.16. The first-order valence-electron chi connectivity index (χ1n) is 10.3. The van der Waals surface area contributed by atoms with Crippen molar-refractivity contribution >= 4 is 12.1 Å². The lowest BCUT2D eigenvalue weighted by Gasteiger charge is -2.31. The Hall–Kier alpha value is -3.64. The van der Waals surface area contributed by atoms with E-state index in [2.05, 4.69) is 0 Å². The third kappa shape index (κ3) is 6.92. The Balaban J connectivity index is 0.00000122. The molecular formula is C25H24F3NO4. The smallest absolute Gasteiger partial charge is 0.416 e. The van der Waals surface area contributed by atoms with Gasteiger partial charge < -0.3 is 9.64 Å². The Morgan fingerprint density at radius 3 is 2.12 bits per heavy atom. The van der Waals surface area contributed by atoms with Crippen LogP contribution in [0.4, 0.5) is 13.2 Å². The summed E-state index contributed by atoms with van der Waals surface area (Å²) in [6, 6.07) is 14.8. The molecule has 1 heterocycles. The molecule has 1 aliphatic rings. The van der Waals surface area contributed by atoms with Gasteiger partial charge in [0.05, 0.1) is 17.7 Å². The number of esters is 1. The molecule has 0 fully saturated rings. The fraction of sp³-hybridized carbons (Fsp3) is 0.280. The summed E-state index contributed by atoms with van der Waals surface area (Å²) < 4.78 is 44.2. The molecule has 0 N–H and O–H groups in total. The van der Waals surface area contributed by atoms with Gasteiger partial charge in [-0.1, -0.05) is 49.4 Å². The fourth-order valence-electron chi connectivity index (χ4n) is 3.60. The van der Waals surface area contributed by atoms with Crippen LogP contribution < -0.4 is 0 Å². The van der Waals surface area contributed by atoms with Gasteiger partial charge in [-0.15, -0.1) is 0 Å². The van der Waals surface area contributed by atoms with E-state index in [1.54, 1.807) is 13.1 Å². The van der Waals surface area contributed by atoms with Crippen LogP contribution in [-0.2, 0) is 31.8 Å². The van der Waals surface area contributed by atoms with Crippen molar-refractivity contribution in [2.24, 2.45) is 0 Å². The van der Waals surface area contributed by atoms with Crippen LogP contribution in [0.5, 0.6) is 0 Å². The largest absolute Gasteiger partial charge is 0.463 e. The predicted octanol–water partition coefficient (Wildman–Crippen LogP) is 5.46. The third-order valence-electron chi connectivity index (χ3n) is 5.02. The highest BCUT2D eigenvalue weighted by Gasteiger charge is 2.33. The predicted molar refractivity (Wildman–Crippen MR) is 114 cm³/mol. The summed E-state index contributed by atoms with van der Waals surface area (Å²) in [7, 11) is 0. The van der Waals surface area contributed by atoms with Crippen molar-refractivity contribution in [2.75, 3.05) is 6.61 Å². The molecule has 1 unspecified atom stereocenters. The highest BCUT2D eigenvalue weighted by molar-refractivity contribution is 5.91. The minimum absolute atomic E-state index is 0.222. The minimum atomic E-state index is -4.40. The van der Waals surface area contributed by atoms with Crippen molar-refractivity contribution in [3.05, 3.63) is 94.8 Å². The number of carbonyl (C=O) groups excluding carboxylic acids is 3. The van der Waals surface area contributed by atoms with Crippen LogP contribution in [0.2, 0.25) is 0 Å². The Labute approximate surface area is 190 Å². The van der Waals surface area contributed by atoms with Crippen LogP contribution in [0.25, 0.3) is 0 Å². The Morgan fingerprint density at radius 2 is 1.61 bits per heavy atom. The average molecular weight is 459 g/mol. The zero-order valence-electron chi connectivity index (χ0n) is 18.3. The summed E-state index contributed by atoms with van der Waals surface area (Å²) >= 11 is 0. The Kier molecular flexibility index (Phi) is 9.18. The number of halogens is 3. The average Bonchev–Trinajstić information content (AvgIpc) is 2.79. The number of hydrogen-bond donors (Lipinski definition) is 0. The molecule has 3 rings (SSSR count). The van der Waals surface area contributed by atoms with Crippen LogP contribution >= 0.6 is 0 Å². The molecule has 0 aromatic heterocycles. The van der Waals surface area contributed by atoms with Gasteiger partial charge in [-0.3, -0.25) is 0 Å². The second kappa shape index (κ2) is 11.8. The quantitative estimate of drug-likeness (QED) is 0.537. The molecule has 0 aliphatic carbocycles. The molecule has 0 radical (unpaired) electrons. The number of alkyl halides is 3. The lowest BCUT2D eigenvalue weighted by molar-refractivity contribution is -0.191. The maximum Gasteiger partial charge on any atom is 0.416 e. The normalized spacial score (nSPS) is 15.4. The molecule has 1 atom stereocenters. The number of nitrogens with zero attached hydrogens (tertiary/aromatic N) is 1. The van der Waals surface area contributed by atoms with Gasteiger partial charge in [-0.2, -0.15) is 22.8 Å². The van der Waals surface area contributed by atoms with Crippen LogP contribution in [0.1, 0.15) is 42.9 Å². The lowest BCUT2D eigenvalue weighted by Crippen LogP contribution is -2.25. The zero-order chi connectivity index (χ0) is 24.4. The molecule has 8 heteroatoms. The standard InChI is InChI=1S/C24H24F3NO2.CO2/c1-3-18-15-28(14-17-8-6-5-7-9-17)16-21(23(29)30-4-2)22(18)19-10-12-20(13-11-19)24(25,26)27;2-1-3/h5-13,15-16,22H,3-4,14H2,1-2H3;. The molecule has 2 aromatic carbocycles. The van der Waals surface area contributed by atoms with Crippen molar-refractivity contribution in [1.82, 2.24) is 4.90 Å². The van der Waals surface area contributed by atoms with Crippen molar-refractivity contribution in [3.8, 4) is 0 Å². The van der Waals surface area contributed by atoms with E-state index >= 15 is 0 Å². The van der Waals surface area contributed by atoms with E-state index in [1.165, 1.54) is 12.1 Å². The van der Waals surface area contributed by atoms with Gasteiger partial charge >= 0.3 is 18.3 Å². The summed E-state index contributed by atoms with van der Waals surface area (Å²) in [4.78, 5) is 30.9. The fourth-order valence-corrected chi connectivity index (χ4v) is 3.60. The molecule has 0 saturated carbocycles. The van der Waals surface area contributed by atoms with Crippen LogP contribution in [-0.4, -0.2) is 23.6 Å². The first-order chi connectivity index (χ1) is 15.7. The van der Waals surface area contributed by atoms with Crippen LogP contribution in [0.15, 0.2) is 78.1 Å². The van der Waals surface area contributed by atoms with Gasteiger partial charge in [0.1, 0.15) is 0 Å². The van der Waals surface area contributed by atoms with E-state index in [9.17, 15) is 18.0 Å². The maximum absolute atomic E-state index is 13.0. The van der Waals surface area contributed by atoms with Gasteiger partial charge in [0.25, 0.3) is 0 Å². The number of hydrogen-bond acceptors (Lipinski definition) is 5. The maximum atomic E-state index is 13.0. The molecule has 0 amide bonds. The van der Waals surface area contributed by atoms with Gasteiger partial charge in [-0.25, -0.2) is 4.79 Å². The Bertz CT molecular complexity index is 1020. The van der Waals surface area contributed by atoms with E-state index in [0.29, 0.717) is 24.1 Å². The Morgan fingerprint density at radius 1 is 1.00 bits per heavy atom. The second-order valence-corrected chi connectivity index (χ2v) is 7.16. The van der Waals surface area contributed by atoms with Gasteiger partial charge in [0, 0.05) is 24.9 Å². The lowest BCUT2D eigenvalue weighted by atomic mass is 9.82. The summed E-state index contributed by atoms with van der Waals surface area (Å²) in [6.45, 7) is 4.50. The number of carbonyl (C=O) groups is 1. The first-order valence-corrected chi connectivity index (χ1v) is 10.3. The summed E-state index contributed by atoms with van der Waals surface area (Å²) in [5, 5.41) is 0. The van der Waals surface area contributed by atoms with Gasteiger partial charge in [-0.05, 0) is 42.2 Å². The van der Waals surface area contributed by atoms with E-state index in [0.717, 1.165) is 23.3 Å². The van der Waals surface area contributed by atoms with E-state index < -0.39 is 23.6 Å². The number of ether oxygens (including phenoxy) is 1.